The summed E-state index contributed by atoms with van der Waals surface area (Å²) in [6.45, 7) is 0. The first kappa shape index (κ1) is 12.9. The maximum Gasteiger partial charge on any atom is 0.538 e. The van der Waals surface area contributed by atoms with E-state index in [0.29, 0.717) is 0 Å². The maximum absolute atomic E-state index is 11.5. The molecule has 1 heterocycles. The predicted octanol–water partition coefficient (Wildman–Crippen LogP) is -0.152. The minimum absolute atomic E-state index is 0.277. The highest BCUT2D eigenvalue weighted by atomic mass is 32.3. The third-order valence-electron chi connectivity index (χ3n) is 1.37. The van der Waals surface area contributed by atoms with E-state index in [9.17, 15) is 31.2 Å². The fraction of sp³-hybridized carbons (Fsp3) is 0.600. The van der Waals surface area contributed by atoms with Crippen molar-refractivity contribution in [1.29, 1.82) is 0 Å². The molecule has 16 heavy (non-hydrogen) atoms. The molecule has 92 valence electrons. The highest BCUT2D eigenvalue weighted by molar-refractivity contribution is 7.81. The molecule has 1 fully saturated rings. The highest BCUT2D eigenvalue weighted by Crippen LogP contribution is 2.22. The van der Waals surface area contributed by atoms with Gasteiger partial charge < -0.3 is 0 Å². The van der Waals surface area contributed by atoms with E-state index in [1.165, 1.54) is 0 Å². The van der Waals surface area contributed by atoms with Gasteiger partial charge in [-0.15, -0.1) is 26.7 Å². The summed E-state index contributed by atoms with van der Waals surface area (Å²) in [6.07, 6.45) is -6.16. The van der Waals surface area contributed by atoms with Gasteiger partial charge in [-0.1, -0.05) is 0 Å². The van der Waals surface area contributed by atoms with Crippen LogP contribution < -0.4 is 0 Å². The Balaban J connectivity index is 2.73. The van der Waals surface area contributed by atoms with Gasteiger partial charge >= 0.3 is 16.8 Å². The number of carbonyl (C=O) groups excluding carboxylic acids is 2. The van der Waals surface area contributed by atoms with Gasteiger partial charge in [0.05, 0.1) is 0 Å². The molecule has 0 aromatic carbocycles. The smallest absolute Gasteiger partial charge is 0.272 e. The van der Waals surface area contributed by atoms with E-state index in [0.717, 1.165) is 0 Å². The van der Waals surface area contributed by atoms with Crippen molar-refractivity contribution >= 4 is 22.2 Å². The molecule has 0 radical (unpaired) electrons. The standard InChI is InChI=1S/C5H4F3NO6S/c6-5(7,8)14-16(12,13)15-9-3(10)1-2-4(9)11/h1-2H2. The summed E-state index contributed by atoms with van der Waals surface area (Å²) in [4.78, 5) is 21.6. The molecular weight excluding hydrogens is 259 g/mol. The SMILES string of the molecule is O=C1CCC(=O)N1OS(=O)(=O)OC(F)(F)F. The Bertz CT molecular complexity index is 398. The molecule has 1 aliphatic rings. The van der Waals surface area contributed by atoms with Crippen molar-refractivity contribution in [2.24, 2.45) is 0 Å². The molecule has 0 aliphatic carbocycles. The number of amides is 2. The molecule has 7 nitrogen and oxygen atoms in total. The van der Waals surface area contributed by atoms with Crippen molar-refractivity contribution in [3.05, 3.63) is 0 Å². The van der Waals surface area contributed by atoms with Crippen molar-refractivity contribution in [1.82, 2.24) is 5.06 Å². The van der Waals surface area contributed by atoms with E-state index in [4.69, 9.17) is 0 Å². The number of hydrogen-bond acceptors (Lipinski definition) is 6. The first-order chi connectivity index (χ1) is 7.11. The molecular formula is C5H4F3NO6S. The Kier molecular flexibility index (Phi) is 3.21. The fourth-order valence-electron chi connectivity index (χ4n) is 0.861. The Morgan fingerprint density at radius 1 is 1.12 bits per heavy atom. The molecule has 0 aromatic rings. The number of alkyl halides is 3. The largest absolute Gasteiger partial charge is 0.538 e. The minimum atomic E-state index is -5.53. The van der Waals surface area contributed by atoms with Gasteiger partial charge in [-0.3, -0.25) is 9.59 Å². The summed E-state index contributed by atoms with van der Waals surface area (Å²) in [6, 6.07) is 0. The third-order valence-corrected chi connectivity index (χ3v) is 2.09. The molecule has 11 heteroatoms. The van der Waals surface area contributed by atoms with E-state index < -0.39 is 28.6 Å². The van der Waals surface area contributed by atoms with Crippen molar-refractivity contribution in [2.45, 2.75) is 19.2 Å². The van der Waals surface area contributed by atoms with Gasteiger partial charge in [-0.25, -0.2) is 0 Å². The van der Waals surface area contributed by atoms with Crippen molar-refractivity contribution in [3.8, 4) is 0 Å². The summed E-state index contributed by atoms with van der Waals surface area (Å²) in [7, 11) is -5.53. The lowest BCUT2D eigenvalue weighted by atomic mass is 10.4. The van der Waals surface area contributed by atoms with Gasteiger partial charge in [0.2, 0.25) is 0 Å². The van der Waals surface area contributed by atoms with Crippen LogP contribution in [0.15, 0.2) is 0 Å². The second-order valence-corrected chi connectivity index (χ2v) is 3.73. The number of rotatable bonds is 3. The van der Waals surface area contributed by atoms with Crippen molar-refractivity contribution in [3.63, 3.8) is 0 Å². The van der Waals surface area contributed by atoms with Crippen LogP contribution in [-0.2, 0) is 28.5 Å². The third kappa shape index (κ3) is 3.43. The molecule has 0 unspecified atom stereocenters. The minimum Gasteiger partial charge on any atom is -0.272 e. The zero-order valence-corrected chi connectivity index (χ0v) is 8.17. The average Bonchev–Trinajstić information content (AvgIpc) is 2.30. The molecule has 0 N–H and O–H groups in total. The summed E-state index contributed by atoms with van der Waals surface area (Å²) in [5.74, 6) is -2.11. The monoisotopic (exact) mass is 263 g/mol. The van der Waals surface area contributed by atoms with E-state index >= 15 is 0 Å². The normalized spacial score (nSPS) is 18.3. The van der Waals surface area contributed by atoms with Gasteiger partial charge in [0.15, 0.2) is 0 Å². The van der Waals surface area contributed by atoms with E-state index in [1.54, 1.807) is 0 Å². The van der Waals surface area contributed by atoms with E-state index in [1.807, 2.05) is 0 Å². The lowest BCUT2D eigenvalue weighted by Crippen LogP contribution is -2.34. The van der Waals surface area contributed by atoms with E-state index in [-0.39, 0.29) is 17.9 Å². The first-order valence-electron chi connectivity index (χ1n) is 3.68. The average molecular weight is 263 g/mol. The van der Waals surface area contributed by atoms with Gasteiger partial charge in [0.25, 0.3) is 11.8 Å². The molecule has 0 atom stereocenters. The number of halogens is 3. The van der Waals surface area contributed by atoms with Crippen LogP contribution in [0.5, 0.6) is 0 Å². The summed E-state index contributed by atoms with van der Waals surface area (Å²) in [5, 5.41) is -0.277. The Labute approximate surface area is 87.0 Å². The molecule has 0 saturated carbocycles. The van der Waals surface area contributed by atoms with E-state index in [2.05, 4.69) is 8.47 Å². The van der Waals surface area contributed by atoms with Crippen molar-refractivity contribution in [2.75, 3.05) is 0 Å². The van der Waals surface area contributed by atoms with Crippen LogP contribution in [0.25, 0.3) is 0 Å². The maximum atomic E-state index is 11.5. The first-order valence-corrected chi connectivity index (χ1v) is 5.02. The van der Waals surface area contributed by atoms with Crippen molar-refractivity contribution < 1.29 is 39.6 Å². The molecule has 1 rings (SSSR count). The van der Waals surface area contributed by atoms with Crippen LogP contribution in [0.4, 0.5) is 13.2 Å². The van der Waals surface area contributed by atoms with Crippen LogP contribution in [0.2, 0.25) is 0 Å². The van der Waals surface area contributed by atoms with Crippen LogP contribution in [0, 0.1) is 0 Å². The van der Waals surface area contributed by atoms with Crippen LogP contribution in [0.1, 0.15) is 12.8 Å². The Hall–Kier alpha value is -1.20. The Morgan fingerprint density at radius 2 is 1.56 bits per heavy atom. The zero-order valence-electron chi connectivity index (χ0n) is 7.35. The number of nitrogens with zero attached hydrogens (tertiary/aromatic N) is 1. The molecule has 2 amide bonds. The van der Waals surface area contributed by atoms with Gasteiger partial charge in [-0.05, 0) is 0 Å². The highest BCUT2D eigenvalue weighted by Gasteiger charge is 2.42. The van der Waals surface area contributed by atoms with Crippen LogP contribution in [0.3, 0.4) is 0 Å². The van der Waals surface area contributed by atoms with Gasteiger partial charge in [-0.2, -0.15) is 8.42 Å². The van der Waals surface area contributed by atoms with Crippen LogP contribution >= 0.6 is 0 Å². The number of hydroxylamine groups is 2. The molecule has 1 saturated heterocycles. The predicted molar refractivity (Wildman–Crippen MR) is 38.2 cm³/mol. The number of carbonyl (C=O) groups is 2. The van der Waals surface area contributed by atoms with Crippen LogP contribution in [-0.4, -0.2) is 31.7 Å². The molecule has 1 aliphatic heterocycles. The van der Waals surface area contributed by atoms with Gasteiger partial charge in [0.1, 0.15) is 0 Å². The Morgan fingerprint density at radius 3 is 1.94 bits per heavy atom. The molecule has 0 aromatic heterocycles. The lowest BCUT2D eigenvalue weighted by molar-refractivity contribution is -0.278. The summed E-state index contributed by atoms with van der Waals surface area (Å²) in [5.41, 5.74) is 0. The second-order valence-electron chi connectivity index (χ2n) is 2.59. The second kappa shape index (κ2) is 3.99. The number of imide groups is 1. The summed E-state index contributed by atoms with van der Waals surface area (Å²) < 4.78 is 62.0. The topological polar surface area (TPSA) is 90.0 Å². The molecule has 0 spiro atoms. The molecule has 0 bridgehead atoms. The quantitative estimate of drug-likeness (QED) is 0.657. The fourth-order valence-corrected chi connectivity index (χ4v) is 1.47. The lowest BCUT2D eigenvalue weighted by Gasteiger charge is -2.12. The zero-order chi connectivity index (χ0) is 12.6. The van der Waals surface area contributed by atoms with Gasteiger partial charge in [0, 0.05) is 12.8 Å². The number of hydrogen-bond donors (Lipinski definition) is 0. The summed E-state index contributed by atoms with van der Waals surface area (Å²) >= 11 is 0.